The van der Waals surface area contributed by atoms with Gasteiger partial charge in [0.2, 0.25) is 0 Å². The molecule has 0 aliphatic heterocycles. The first-order chi connectivity index (χ1) is 32.4. The molecule has 2 heterocycles. The largest absolute Gasteiger partial charge is 0.507 e. The molecule has 0 amide bonds. The van der Waals surface area contributed by atoms with Crippen LogP contribution < -0.4 is 0 Å². The zero-order valence-corrected chi connectivity index (χ0v) is 41.5. The lowest BCUT2D eigenvalue weighted by atomic mass is 9.83. The van der Waals surface area contributed by atoms with Gasteiger partial charge in [-0.05, 0) is 144 Å². The number of phenolic OH excluding ortho intramolecular Hbond substituents is 1. The molecule has 0 unspecified atom stereocenters. The van der Waals surface area contributed by atoms with Crippen LogP contribution in [0, 0.1) is 0 Å². The molecule has 1 N–H and O–H groups in total. The number of pyridine rings is 1. The van der Waals surface area contributed by atoms with Gasteiger partial charge in [0.05, 0.1) is 22.3 Å². The fourth-order valence-corrected chi connectivity index (χ4v) is 9.02. The number of hydrogen-bond acceptors (Lipinski definition) is 3. The van der Waals surface area contributed by atoms with Gasteiger partial charge in [0.25, 0.3) is 0 Å². The normalized spacial score (nSPS) is 13.9. The van der Waals surface area contributed by atoms with Crippen LogP contribution in [0.3, 0.4) is 0 Å². The van der Waals surface area contributed by atoms with Gasteiger partial charge in [0.15, 0.2) is 0 Å². The minimum Gasteiger partial charge on any atom is -0.507 e. The van der Waals surface area contributed by atoms with Crippen LogP contribution in [0.4, 0.5) is 0 Å². The van der Waals surface area contributed by atoms with Crippen molar-refractivity contribution in [2.24, 2.45) is 0 Å². The molecule has 338 valence electrons. The summed E-state index contributed by atoms with van der Waals surface area (Å²) in [5, 5.41) is 12.3. The summed E-state index contributed by atoms with van der Waals surface area (Å²) in [5.74, 6) is -3.63. The second kappa shape index (κ2) is 17.9. The van der Waals surface area contributed by atoms with E-state index < -0.39 is 23.6 Å². The standard InChI is InChI=1S/C62H69N3O/c1-37(2)44-34-53(40(7)8)59(66)54(35-44)60-64-58-52(19-16-20-56(58)65(60)49-27-23-42(24-28-49)57-50(38(3)4)17-15-18-51(57)39(5)6)45-31-46(33-48(32-45)62(12,13)14)55-36-43(29-30-63-55)41-21-25-47(26-22-41)61(9,10)11/h15-40,66H,1-14H3/i37D,38D,39D,40D. The fraction of sp³-hybridized carbons (Fsp3) is 0.323. The first-order valence-electron chi connectivity index (χ1n) is 25.3. The van der Waals surface area contributed by atoms with E-state index in [2.05, 4.69) is 125 Å². The van der Waals surface area contributed by atoms with E-state index >= 15 is 0 Å². The van der Waals surface area contributed by atoms with Gasteiger partial charge in [-0.25, -0.2) is 4.98 Å². The Kier molecular flexibility index (Phi) is 11.1. The molecule has 6 aromatic carbocycles. The Balaban J connectivity index is 1.38. The molecule has 0 spiro atoms. The van der Waals surface area contributed by atoms with Crippen molar-refractivity contribution >= 4 is 11.0 Å². The summed E-state index contributed by atoms with van der Waals surface area (Å²) in [7, 11) is 0. The van der Waals surface area contributed by atoms with Crippen molar-refractivity contribution in [3.8, 4) is 67.5 Å². The lowest BCUT2D eigenvalue weighted by Gasteiger charge is -2.22. The van der Waals surface area contributed by atoms with E-state index in [1.807, 2.05) is 90.2 Å². The van der Waals surface area contributed by atoms with E-state index in [-0.39, 0.29) is 16.6 Å². The number of benzene rings is 6. The van der Waals surface area contributed by atoms with Crippen LogP contribution in [0.25, 0.3) is 72.7 Å². The molecule has 0 aliphatic carbocycles. The first-order valence-corrected chi connectivity index (χ1v) is 23.3. The number of imidazole rings is 1. The third kappa shape index (κ3) is 9.00. The minimum absolute atomic E-state index is 0.0485. The molecule has 2 aromatic heterocycles. The van der Waals surface area contributed by atoms with E-state index in [4.69, 9.17) is 15.5 Å². The molecule has 0 atom stereocenters. The first kappa shape index (κ1) is 41.2. The molecule has 8 aromatic rings. The number of fused-ring (bicyclic) bond motifs is 1. The number of rotatable bonds is 10. The van der Waals surface area contributed by atoms with Gasteiger partial charge in [-0.15, -0.1) is 0 Å². The average molecular weight is 876 g/mol. The van der Waals surface area contributed by atoms with Crippen molar-refractivity contribution in [1.82, 2.24) is 14.5 Å². The SMILES string of the molecule is [2H]C(C)(C)c1cc(-c2nc3c(-c4cc(-c5cc(-c6ccc(C(C)(C)C)cc6)ccn5)cc(C(C)(C)C)c4)cccc3n2-c2ccc(-c3c(C([2H])(C)C)cccc3C([2H])(C)C)cc2)c(O)c(C([2H])(C)C)c1. The van der Waals surface area contributed by atoms with Crippen LogP contribution in [0.15, 0.2) is 134 Å². The van der Waals surface area contributed by atoms with E-state index in [9.17, 15) is 5.11 Å². The van der Waals surface area contributed by atoms with E-state index in [1.165, 1.54) is 5.56 Å². The molecule has 0 bridgehead atoms. The van der Waals surface area contributed by atoms with Gasteiger partial charge in [0, 0.05) is 28.5 Å². The Morgan fingerprint density at radius 2 is 1.11 bits per heavy atom. The molecule has 4 heteroatoms. The van der Waals surface area contributed by atoms with Crippen molar-refractivity contribution in [2.45, 2.75) is 131 Å². The van der Waals surface area contributed by atoms with E-state index in [1.54, 1.807) is 19.9 Å². The summed E-state index contributed by atoms with van der Waals surface area (Å²) in [4.78, 5) is 10.4. The number of aromatic nitrogens is 3. The predicted molar refractivity (Wildman–Crippen MR) is 281 cm³/mol. The van der Waals surface area contributed by atoms with Crippen molar-refractivity contribution < 1.29 is 10.6 Å². The van der Waals surface area contributed by atoms with Crippen molar-refractivity contribution in [1.29, 1.82) is 0 Å². The number of para-hydroxylation sites is 1. The Labute approximate surface area is 400 Å². The molecule has 66 heavy (non-hydrogen) atoms. The van der Waals surface area contributed by atoms with Crippen molar-refractivity contribution in [2.75, 3.05) is 0 Å². The minimum atomic E-state index is -1.18. The summed E-state index contributed by atoms with van der Waals surface area (Å²) in [5.41, 5.74) is 15.5. The molecular formula is C62H69N3O. The Bertz CT molecular complexity index is 3220. The zero-order chi connectivity index (χ0) is 51.1. The summed E-state index contributed by atoms with van der Waals surface area (Å²) >= 11 is 0. The quantitative estimate of drug-likeness (QED) is 0.149. The summed E-state index contributed by atoms with van der Waals surface area (Å²) in [6.45, 7) is 28.0. The smallest absolute Gasteiger partial charge is 0.149 e. The molecule has 0 radical (unpaired) electrons. The maximum Gasteiger partial charge on any atom is 0.149 e. The van der Waals surface area contributed by atoms with Gasteiger partial charge in [-0.3, -0.25) is 9.55 Å². The van der Waals surface area contributed by atoms with Gasteiger partial charge in [0.1, 0.15) is 11.6 Å². The van der Waals surface area contributed by atoms with Crippen LogP contribution in [0.2, 0.25) is 0 Å². The predicted octanol–water partition coefficient (Wildman–Crippen LogP) is 17.5. The van der Waals surface area contributed by atoms with Crippen molar-refractivity contribution in [3.05, 3.63) is 167 Å². The maximum absolute atomic E-state index is 12.3. The molecule has 0 fully saturated rings. The second-order valence-corrected chi connectivity index (χ2v) is 20.9. The molecule has 0 saturated heterocycles. The number of phenols is 1. The van der Waals surface area contributed by atoms with Crippen LogP contribution >= 0.6 is 0 Å². The van der Waals surface area contributed by atoms with Gasteiger partial charge in [-0.1, -0.05) is 176 Å². The van der Waals surface area contributed by atoms with Crippen molar-refractivity contribution in [3.63, 3.8) is 0 Å². The zero-order valence-electron chi connectivity index (χ0n) is 45.5. The van der Waals surface area contributed by atoms with Crippen LogP contribution in [0.5, 0.6) is 5.75 Å². The highest BCUT2D eigenvalue weighted by molar-refractivity contribution is 5.97. The van der Waals surface area contributed by atoms with Gasteiger partial charge < -0.3 is 5.11 Å². The van der Waals surface area contributed by atoms with Crippen LogP contribution in [-0.2, 0) is 10.8 Å². The number of hydrogen-bond donors (Lipinski definition) is 1. The highest BCUT2D eigenvalue weighted by atomic mass is 16.3. The Hall–Kier alpha value is -6.26. The summed E-state index contributed by atoms with van der Waals surface area (Å²) in [6.07, 6.45) is 1.89. The third-order valence-electron chi connectivity index (χ3n) is 13.0. The third-order valence-corrected chi connectivity index (χ3v) is 13.0. The Morgan fingerprint density at radius 3 is 1.70 bits per heavy atom. The fourth-order valence-electron chi connectivity index (χ4n) is 9.02. The van der Waals surface area contributed by atoms with Gasteiger partial charge in [-0.2, -0.15) is 0 Å². The highest BCUT2D eigenvalue weighted by Crippen LogP contribution is 2.44. The topological polar surface area (TPSA) is 50.9 Å². The van der Waals surface area contributed by atoms with Gasteiger partial charge >= 0.3 is 0 Å². The molecule has 4 nitrogen and oxygen atoms in total. The number of aromatic hydroxyl groups is 1. The van der Waals surface area contributed by atoms with E-state index in [0.29, 0.717) is 22.5 Å². The Morgan fingerprint density at radius 1 is 0.515 bits per heavy atom. The average Bonchev–Trinajstić information content (AvgIpc) is 3.66. The summed E-state index contributed by atoms with van der Waals surface area (Å²) < 4.78 is 38.6. The van der Waals surface area contributed by atoms with Crippen LogP contribution in [-0.4, -0.2) is 19.6 Å². The highest BCUT2D eigenvalue weighted by Gasteiger charge is 2.25. The number of nitrogens with zero attached hydrogens (tertiary/aromatic N) is 3. The molecule has 0 aliphatic rings. The molecule has 8 rings (SSSR count). The molecular weight excluding hydrogens is 803 g/mol. The lowest BCUT2D eigenvalue weighted by Crippen LogP contribution is -2.11. The lowest BCUT2D eigenvalue weighted by molar-refractivity contribution is 0.466. The maximum atomic E-state index is 12.3. The molecule has 0 saturated carbocycles. The monoisotopic (exact) mass is 876 g/mol. The second-order valence-electron chi connectivity index (χ2n) is 20.9. The summed E-state index contributed by atoms with van der Waals surface area (Å²) in [6, 6.07) is 43.7. The van der Waals surface area contributed by atoms with E-state index in [0.717, 1.165) is 78.0 Å². The van der Waals surface area contributed by atoms with Crippen LogP contribution in [0.1, 0.15) is 159 Å².